The molecule has 0 saturated heterocycles. The van der Waals surface area contributed by atoms with Crippen molar-refractivity contribution in [3.8, 4) is 0 Å². The quantitative estimate of drug-likeness (QED) is 0.736. The van der Waals surface area contributed by atoms with Gasteiger partial charge in [0.1, 0.15) is 0 Å². The van der Waals surface area contributed by atoms with Crippen molar-refractivity contribution in [2.45, 2.75) is 12.2 Å². The summed E-state index contributed by atoms with van der Waals surface area (Å²) in [6.07, 6.45) is 0.255. The smallest absolute Gasteiger partial charge is 0.315 e. The Morgan fingerprint density at radius 1 is 1.06 bits per heavy atom. The van der Waals surface area contributed by atoms with Crippen LogP contribution < -0.4 is 0 Å². The SMILES string of the molecule is COC(=O)CSCc1ccccc1CC(=O)OC. The van der Waals surface area contributed by atoms with E-state index in [-0.39, 0.29) is 18.4 Å². The zero-order valence-corrected chi connectivity index (χ0v) is 11.3. The number of benzene rings is 1. The molecule has 98 valence electrons. The number of carbonyl (C=O) groups excluding carboxylic acids is 2. The van der Waals surface area contributed by atoms with Gasteiger partial charge in [-0.15, -0.1) is 11.8 Å². The van der Waals surface area contributed by atoms with Gasteiger partial charge < -0.3 is 9.47 Å². The highest BCUT2D eigenvalue weighted by molar-refractivity contribution is 7.99. The van der Waals surface area contributed by atoms with Gasteiger partial charge in [0.05, 0.1) is 26.4 Å². The Morgan fingerprint density at radius 3 is 2.28 bits per heavy atom. The van der Waals surface area contributed by atoms with Crippen molar-refractivity contribution in [1.29, 1.82) is 0 Å². The van der Waals surface area contributed by atoms with Crippen molar-refractivity contribution in [2.24, 2.45) is 0 Å². The Kier molecular flexibility index (Phi) is 6.28. The summed E-state index contributed by atoms with van der Waals surface area (Å²) in [6.45, 7) is 0. The molecule has 5 heteroatoms. The molecule has 0 heterocycles. The summed E-state index contributed by atoms with van der Waals surface area (Å²) in [6, 6.07) is 7.63. The first-order chi connectivity index (χ1) is 8.67. The van der Waals surface area contributed by atoms with Crippen LogP contribution in [0.2, 0.25) is 0 Å². The lowest BCUT2D eigenvalue weighted by molar-refractivity contribution is -0.140. The van der Waals surface area contributed by atoms with Gasteiger partial charge in [0, 0.05) is 5.75 Å². The van der Waals surface area contributed by atoms with Crippen LogP contribution in [0.3, 0.4) is 0 Å². The molecule has 0 saturated carbocycles. The van der Waals surface area contributed by atoms with Crippen LogP contribution in [0.5, 0.6) is 0 Å². The Morgan fingerprint density at radius 2 is 1.67 bits per heavy atom. The predicted molar refractivity (Wildman–Crippen MR) is 70.3 cm³/mol. The molecule has 0 aromatic heterocycles. The van der Waals surface area contributed by atoms with Crippen LogP contribution in [-0.4, -0.2) is 31.9 Å². The van der Waals surface area contributed by atoms with Crippen LogP contribution in [0.25, 0.3) is 0 Å². The van der Waals surface area contributed by atoms with E-state index >= 15 is 0 Å². The maximum absolute atomic E-state index is 11.3. The molecule has 1 aromatic rings. The average molecular weight is 268 g/mol. The highest BCUT2D eigenvalue weighted by Crippen LogP contribution is 2.17. The molecule has 18 heavy (non-hydrogen) atoms. The van der Waals surface area contributed by atoms with E-state index in [0.29, 0.717) is 11.5 Å². The first kappa shape index (κ1) is 14.6. The van der Waals surface area contributed by atoms with E-state index in [2.05, 4.69) is 9.47 Å². The average Bonchev–Trinajstić information content (AvgIpc) is 2.40. The third kappa shape index (κ3) is 4.79. The van der Waals surface area contributed by atoms with Gasteiger partial charge in [-0.25, -0.2) is 0 Å². The Hall–Kier alpha value is -1.49. The number of esters is 2. The summed E-state index contributed by atoms with van der Waals surface area (Å²) in [5.74, 6) is 0.469. The summed E-state index contributed by atoms with van der Waals surface area (Å²) in [5.41, 5.74) is 1.97. The third-order valence-electron chi connectivity index (χ3n) is 2.39. The number of rotatable bonds is 6. The fraction of sp³-hybridized carbons (Fsp3) is 0.385. The van der Waals surface area contributed by atoms with Crippen molar-refractivity contribution >= 4 is 23.7 Å². The van der Waals surface area contributed by atoms with Crippen molar-refractivity contribution in [3.05, 3.63) is 35.4 Å². The third-order valence-corrected chi connectivity index (χ3v) is 3.34. The van der Waals surface area contributed by atoms with Gasteiger partial charge in [0.25, 0.3) is 0 Å². The van der Waals surface area contributed by atoms with E-state index in [1.807, 2.05) is 24.3 Å². The number of methoxy groups -OCH3 is 2. The lowest BCUT2D eigenvalue weighted by Gasteiger charge is -2.08. The lowest BCUT2D eigenvalue weighted by atomic mass is 10.1. The number of ether oxygens (including phenoxy) is 2. The highest BCUT2D eigenvalue weighted by Gasteiger charge is 2.08. The van der Waals surface area contributed by atoms with Crippen molar-refractivity contribution in [2.75, 3.05) is 20.0 Å². The Labute approximate surface area is 111 Å². The standard InChI is InChI=1S/C13H16O4S/c1-16-12(14)7-10-5-3-4-6-11(10)8-18-9-13(15)17-2/h3-6H,7-9H2,1-2H3. The number of carbonyl (C=O) groups is 2. The van der Waals surface area contributed by atoms with Crippen LogP contribution in [0.15, 0.2) is 24.3 Å². The Bertz CT molecular complexity index is 417. The molecule has 4 nitrogen and oxygen atoms in total. The molecule has 0 atom stereocenters. The molecule has 0 bridgehead atoms. The van der Waals surface area contributed by atoms with Crippen molar-refractivity contribution in [3.63, 3.8) is 0 Å². The molecule has 0 amide bonds. The summed E-state index contributed by atoms with van der Waals surface area (Å²) in [4.78, 5) is 22.3. The van der Waals surface area contributed by atoms with Crippen LogP contribution >= 0.6 is 11.8 Å². The van der Waals surface area contributed by atoms with Gasteiger partial charge in [-0.3, -0.25) is 9.59 Å². The monoisotopic (exact) mass is 268 g/mol. The van der Waals surface area contributed by atoms with Gasteiger partial charge in [0.15, 0.2) is 0 Å². The molecule has 0 spiro atoms. The maximum Gasteiger partial charge on any atom is 0.315 e. The highest BCUT2D eigenvalue weighted by atomic mass is 32.2. The fourth-order valence-electron chi connectivity index (χ4n) is 1.40. The molecule has 1 aromatic carbocycles. The van der Waals surface area contributed by atoms with Gasteiger partial charge in [-0.05, 0) is 11.1 Å². The van der Waals surface area contributed by atoms with Crippen LogP contribution in [0.4, 0.5) is 0 Å². The van der Waals surface area contributed by atoms with Gasteiger partial charge in [-0.1, -0.05) is 24.3 Å². The second-order valence-electron chi connectivity index (χ2n) is 3.59. The molecule has 0 unspecified atom stereocenters. The van der Waals surface area contributed by atoms with E-state index < -0.39 is 0 Å². The minimum Gasteiger partial charge on any atom is -0.469 e. The number of thioether (sulfide) groups is 1. The Balaban J connectivity index is 2.59. The second kappa shape index (κ2) is 7.76. The molecule has 0 aliphatic heterocycles. The summed E-state index contributed by atoms with van der Waals surface area (Å²) >= 11 is 1.46. The van der Waals surface area contributed by atoms with E-state index in [0.717, 1.165) is 11.1 Å². The molecule has 0 aliphatic rings. The molecular weight excluding hydrogens is 252 g/mol. The van der Waals surface area contributed by atoms with Crippen LogP contribution in [-0.2, 0) is 31.2 Å². The predicted octanol–water partition coefficient (Wildman–Crippen LogP) is 1.81. The molecule has 1 rings (SSSR count). The zero-order valence-electron chi connectivity index (χ0n) is 10.5. The topological polar surface area (TPSA) is 52.6 Å². The number of hydrogen-bond acceptors (Lipinski definition) is 5. The van der Waals surface area contributed by atoms with E-state index in [9.17, 15) is 9.59 Å². The van der Waals surface area contributed by atoms with E-state index in [4.69, 9.17) is 0 Å². The molecular formula is C13H16O4S. The van der Waals surface area contributed by atoms with Crippen molar-refractivity contribution in [1.82, 2.24) is 0 Å². The second-order valence-corrected chi connectivity index (χ2v) is 4.58. The first-order valence-corrected chi connectivity index (χ1v) is 6.61. The van der Waals surface area contributed by atoms with Gasteiger partial charge in [0.2, 0.25) is 0 Å². The van der Waals surface area contributed by atoms with E-state index in [1.54, 1.807) is 0 Å². The zero-order chi connectivity index (χ0) is 13.4. The van der Waals surface area contributed by atoms with Crippen LogP contribution in [0, 0.1) is 0 Å². The fourth-order valence-corrected chi connectivity index (χ4v) is 2.29. The van der Waals surface area contributed by atoms with Gasteiger partial charge >= 0.3 is 11.9 Å². The normalized spacial score (nSPS) is 9.89. The minimum atomic E-state index is -0.264. The summed E-state index contributed by atoms with van der Waals surface area (Å²) < 4.78 is 9.22. The minimum absolute atomic E-state index is 0.245. The lowest BCUT2D eigenvalue weighted by Crippen LogP contribution is -2.07. The van der Waals surface area contributed by atoms with Crippen molar-refractivity contribution < 1.29 is 19.1 Å². The van der Waals surface area contributed by atoms with Crippen LogP contribution in [0.1, 0.15) is 11.1 Å². The number of hydrogen-bond donors (Lipinski definition) is 0. The molecule has 0 aliphatic carbocycles. The molecule has 0 fully saturated rings. The first-order valence-electron chi connectivity index (χ1n) is 5.45. The molecule has 0 radical (unpaired) electrons. The van der Waals surface area contributed by atoms with E-state index in [1.165, 1.54) is 26.0 Å². The summed E-state index contributed by atoms with van der Waals surface area (Å²) in [5, 5.41) is 0. The molecule has 0 N–H and O–H groups in total. The summed E-state index contributed by atoms with van der Waals surface area (Å²) in [7, 11) is 2.74. The van der Waals surface area contributed by atoms with Gasteiger partial charge in [-0.2, -0.15) is 0 Å². The largest absolute Gasteiger partial charge is 0.469 e. The maximum atomic E-state index is 11.3.